The van der Waals surface area contributed by atoms with Gasteiger partial charge in [-0.2, -0.15) is 0 Å². The summed E-state index contributed by atoms with van der Waals surface area (Å²) >= 11 is 0. The number of hydrogen-bond donors (Lipinski definition) is 0. The highest BCUT2D eigenvalue weighted by molar-refractivity contribution is 5.99. The Bertz CT molecular complexity index is 858. The molecule has 3 rings (SSSR count). The fraction of sp³-hybridized carbons (Fsp3) is 0.533. The summed E-state index contributed by atoms with van der Waals surface area (Å²) in [6.07, 6.45) is 15.5. The Morgan fingerprint density at radius 1 is 0.438 bits per heavy atom. The number of fused-ring (bicyclic) bond motifs is 2. The Morgan fingerprint density at radius 3 is 1.31 bits per heavy atom. The lowest BCUT2D eigenvalue weighted by atomic mass is 10.0. The normalized spacial score (nSPS) is 11.3. The van der Waals surface area contributed by atoms with Crippen LogP contribution in [0, 0.1) is 0 Å². The molecule has 32 heavy (non-hydrogen) atoms. The van der Waals surface area contributed by atoms with Gasteiger partial charge in [-0.05, 0) is 70.8 Å². The predicted molar refractivity (Wildman–Crippen MR) is 139 cm³/mol. The van der Waals surface area contributed by atoms with Crippen LogP contribution in [-0.4, -0.2) is 13.2 Å². The molecular weight excluding hydrogens is 392 g/mol. The molecule has 174 valence electrons. The van der Waals surface area contributed by atoms with E-state index in [1.165, 1.54) is 85.8 Å². The van der Waals surface area contributed by atoms with Crippen molar-refractivity contribution < 1.29 is 9.47 Å². The van der Waals surface area contributed by atoms with Crippen LogP contribution < -0.4 is 9.47 Å². The third kappa shape index (κ3) is 8.04. The Hall–Kier alpha value is -2.22. The molecular formula is C30H42O2. The maximum Gasteiger partial charge on any atom is 0.119 e. The second-order valence-corrected chi connectivity index (χ2v) is 9.10. The standard InChI is InChI=1S/C30H42O2/c1-3-5-7-9-11-13-19-31-29-17-15-25-21-26-16-18-30(24-28(26)22-27(25)23-29)32-20-14-12-10-8-6-4-2/h15-18,21-24H,3-14,19-20H2,1-2H3. The molecule has 0 aliphatic rings. The SMILES string of the molecule is CCCCCCCCOc1ccc2cc3ccc(OCCCCCCCC)cc3cc2c1. The molecule has 0 bridgehead atoms. The average Bonchev–Trinajstić information content (AvgIpc) is 2.81. The first kappa shape index (κ1) is 24.4. The molecule has 0 amide bonds. The molecule has 3 aromatic carbocycles. The summed E-state index contributed by atoms with van der Waals surface area (Å²) in [5.41, 5.74) is 0. The first-order chi connectivity index (χ1) is 15.8. The van der Waals surface area contributed by atoms with Crippen LogP contribution in [0.5, 0.6) is 11.5 Å². The summed E-state index contributed by atoms with van der Waals surface area (Å²) in [6.45, 7) is 6.13. The molecule has 0 spiro atoms. The Morgan fingerprint density at radius 2 is 0.844 bits per heavy atom. The van der Waals surface area contributed by atoms with Crippen molar-refractivity contribution in [2.45, 2.75) is 90.9 Å². The van der Waals surface area contributed by atoms with Gasteiger partial charge in [-0.1, -0.05) is 90.2 Å². The van der Waals surface area contributed by atoms with E-state index in [0.29, 0.717) is 0 Å². The number of rotatable bonds is 16. The molecule has 2 heteroatoms. The van der Waals surface area contributed by atoms with Crippen molar-refractivity contribution in [3.63, 3.8) is 0 Å². The van der Waals surface area contributed by atoms with Crippen LogP contribution in [0.15, 0.2) is 48.5 Å². The number of unbranched alkanes of at least 4 members (excludes halogenated alkanes) is 10. The van der Waals surface area contributed by atoms with Crippen molar-refractivity contribution in [1.29, 1.82) is 0 Å². The third-order valence-electron chi connectivity index (χ3n) is 6.27. The molecule has 0 unspecified atom stereocenters. The quantitative estimate of drug-likeness (QED) is 0.165. The monoisotopic (exact) mass is 434 g/mol. The molecule has 0 aromatic heterocycles. The van der Waals surface area contributed by atoms with Crippen molar-refractivity contribution in [2.75, 3.05) is 13.2 Å². The van der Waals surface area contributed by atoms with E-state index >= 15 is 0 Å². The van der Waals surface area contributed by atoms with E-state index in [2.05, 4.69) is 62.4 Å². The Balaban J connectivity index is 1.52. The van der Waals surface area contributed by atoms with Crippen molar-refractivity contribution in [3.8, 4) is 11.5 Å². The van der Waals surface area contributed by atoms with E-state index in [4.69, 9.17) is 9.47 Å². The summed E-state index contributed by atoms with van der Waals surface area (Å²) in [4.78, 5) is 0. The number of hydrogen-bond acceptors (Lipinski definition) is 2. The van der Waals surface area contributed by atoms with Crippen molar-refractivity contribution in [1.82, 2.24) is 0 Å². The van der Waals surface area contributed by atoms with E-state index in [-0.39, 0.29) is 0 Å². The van der Waals surface area contributed by atoms with E-state index in [0.717, 1.165) is 37.6 Å². The largest absolute Gasteiger partial charge is 0.494 e. The highest BCUT2D eigenvalue weighted by atomic mass is 16.5. The van der Waals surface area contributed by atoms with Gasteiger partial charge in [0.15, 0.2) is 0 Å². The molecule has 0 saturated heterocycles. The van der Waals surface area contributed by atoms with Crippen molar-refractivity contribution in [2.24, 2.45) is 0 Å². The van der Waals surface area contributed by atoms with Crippen LogP contribution in [0.1, 0.15) is 90.9 Å². The summed E-state index contributed by atoms with van der Waals surface area (Å²) < 4.78 is 12.1. The molecule has 0 fully saturated rings. The topological polar surface area (TPSA) is 18.5 Å². The second kappa shape index (κ2) is 14.0. The van der Waals surface area contributed by atoms with Crippen LogP contribution in [0.3, 0.4) is 0 Å². The molecule has 0 saturated carbocycles. The Labute approximate surface area is 195 Å². The van der Waals surface area contributed by atoms with Gasteiger partial charge in [0.25, 0.3) is 0 Å². The van der Waals surface area contributed by atoms with Gasteiger partial charge in [0.05, 0.1) is 13.2 Å². The summed E-state index contributed by atoms with van der Waals surface area (Å²) in [5, 5.41) is 4.97. The summed E-state index contributed by atoms with van der Waals surface area (Å²) in [7, 11) is 0. The predicted octanol–water partition coefficient (Wildman–Crippen LogP) is 9.47. The smallest absolute Gasteiger partial charge is 0.119 e. The highest BCUT2D eigenvalue weighted by Gasteiger charge is 2.03. The zero-order valence-electron chi connectivity index (χ0n) is 20.3. The lowest BCUT2D eigenvalue weighted by molar-refractivity contribution is 0.304. The first-order valence-corrected chi connectivity index (χ1v) is 13.0. The van der Waals surface area contributed by atoms with E-state index in [1.54, 1.807) is 0 Å². The lowest BCUT2D eigenvalue weighted by Gasteiger charge is -2.10. The minimum atomic E-state index is 0.807. The summed E-state index contributed by atoms with van der Waals surface area (Å²) in [5.74, 6) is 1.95. The van der Waals surface area contributed by atoms with E-state index in [9.17, 15) is 0 Å². The van der Waals surface area contributed by atoms with Crippen molar-refractivity contribution in [3.05, 3.63) is 48.5 Å². The third-order valence-corrected chi connectivity index (χ3v) is 6.27. The lowest BCUT2D eigenvalue weighted by Crippen LogP contribution is -1.97. The fourth-order valence-corrected chi connectivity index (χ4v) is 4.28. The van der Waals surface area contributed by atoms with E-state index < -0.39 is 0 Å². The maximum absolute atomic E-state index is 6.03. The van der Waals surface area contributed by atoms with Crippen LogP contribution in [0.25, 0.3) is 21.5 Å². The zero-order chi connectivity index (χ0) is 22.4. The van der Waals surface area contributed by atoms with Gasteiger partial charge in [-0.25, -0.2) is 0 Å². The van der Waals surface area contributed by atoms with Gasteiger partial charge >= 0.3 is 0 Å². The highest BCUT2D eigenvalue weighted by Crippen LogP contribution is 2.29. The minimum absolute atomic E-state index is 0.807. The van der Waals surface area contributed by atoms with Crippen LogP contribution >= 0.6 is 0 Å². The molecule has 0 aliphatic heterocycles. The molecule has 0 radical (unpaired) electrons. The van der Waals surface area contributed by atoms with E-state index in [1.807, 2.05) is 0 Å². The van der Waals surface area contributed by atoms with Gasteiger partial charge in [0.2, 0.25) is 0 Å². The molecule has 2 nitrogen and oxygen atoms in total. The van der Waals surface area contributed by atoms with Crippen LogP contribution in [0.2, 0.25) is 0 Å². The number of ether oxygens (including phenoxy) is 2. The van der Waals surface area contributed by atoms with Gasteiger partial charge in [-0.3, -0.25) is 0 Å². The average molecular weight is 435 g/mol. The van der Waals surface area contributed by atoms with Crippen molar-refractivity contribution >= 4 is 21.5 Å². The number of benzene rings is 3. The fourth-order valence-electron chi connectivity index (χ4n) is 4.28. The zero-order valence-corrected chi connectivity index (χ0v) is 20.3. The minimum Gasteiger partial charge on any atom is -0.494 e. The van der Waals surface area contributed by atoms with Crippen LogP contribution in [0.4, 0.5) is 0 Å². The second-order valence-electron chi connectivity index (χ2n) is 9.10. The molecule has 0 atom stereocenters. The molecule has 0 heterocycles. The van der Waals surface area contributed by atoms with Gasteiger partial charge in [0.1, 0.15) is 11.5 Å². The van der Waals surface area contributed by atoms with Gasteiger partial charge in [0, 0.05) is 0 Å². The molecule has 3 aromatic rings. The molecule has 0 N–H and O–H groups in total. The molecule has 0 aliphatic carbocycles. The van der Waals surface area contributed by atoms with Crippen LogP contribution in [-0.2, 0) is 0 Å². The first-order valence-electron chi connectivity index (χ1n) is 13.0. The maximum atomic E-state index is 6.03. The Kier molecular flexibility index (Phi) is 10.7. The summed E-state index contributed by atoms with van der Waals surface area (Å²) in [6, 6.07) is 17.4. The van der Waals surface area contributed by atoms with Gasteiger partial charge < -0.3 is 9.47 Å². The van der Waals surface area contributed by atoms with Gasteiger partial charge in [-0.15, -0.1) is 0 Å².